The molecule has 0 aromatic heterocycles. The van der Waals surface area contributed by atoms with E-state index in [1.807, 2.05) is 0 Å². The topological polar surface area (TPSA) is 514 Å². The van der Waals surface area contributed by atoms with Crippen molar-refractivity contribution in [2.45, 2.75) is 215 Å². The van der Waals surface area contributed by atoms with Crippen molar-refractivity contribution in [2.75, 3.05) is 41.9 Å². The second-order valence-corrected chi connectivity index (χ2v) is 21.4. The maximum Gasteiger partial charge on any atom is 0.187 e. The molecule has 19 N–H and O–H groups in total. The summed E-state index contributed by atoms with van der Waals surface area (Å²) >= 11 is 3.61. The van der Waals surface area contributed by atoms with Crippen LogP contribution in [0.2, 0.25) is 0 Å². The molecule has 0 saturated carbocycles. The van der Waals surface area contributed by atoms with Gasteiger partial charge in [-0.3, -0.25) is 0 Å². The van der Waals surface area contributed by atoms with Crippen LogP contribution in [0.15, 0.2) is 0 Å². The number of aliphatic hydroxyl groups excluding tert-OH is 19. The Hall–Kier alpha value is 0.140. The Kier molecular flexibility index (Phi) is 22.2. The average Bonchev–Trinajstić information content (AvgIpc) is 3.47. The van der Waals surface area contributed by atoms with E-state index >= 15 is 0 Å². The quantitative estimate of drug-likeness (QED) is 0.0831. The number of halogens is 2. The van der Waals surface area contributed by atoms with E-state index in [-0.39, 0.29) is 8.86 Å². The molecule has 21 fully saturated rings. The van der Waals surface area contributed by atoms with Crippen LogP contribution in [-0.2, 0) is 66.3 Å². The molecule has 77 heavy (non-hydrogen) atoms. The van der Waals surface area contributed by atoms with Gasteiger partial charge in [-0.2, -0.15) is 0 Å². The van der Waals surface area contributed by atoms with E-state index in [9.17, 15) is 97.0 Å². The minimum atomic E-state index is -2.16. The summed E-state index contributed by atoms with van der Waals surface area (Å²) < 4.78 is 81.0. The monoisotopic (exact) mass is 1350 g/mol. The van der Waals surface area contributed by atoms with Crippen LogP contribution in [0.3, 0.4) is 0 Å². The molecule has 35 unspecified atom stereocenters. The highest BCUT2D eigenvalue weighted by atomic mass is 127. The third kappa shape index (κ3) is 12.6. The van der Waals surface area contributed by atoms with Gasteiger partial charge in [-0.25, -0.2) is 0 Å². The van der Waals surface area contributed by atoms with Crippen LogP contribution in [0.5, 0.6) is 0 Å². The molecule has 0 aromatic carbocycles. The summed E-state index contributed by atoms with van der Waals surface area (Å²) in [5, 5.41) is 211. The van der Waals surface area contributed by atoms with E-state index in [0.717, 1.165) is 0 Å². The fraction of sp³-hybridized carbons (Fsp3) is 1.00. The normalized spacial score (nSPS) is 55.4. The first-order valence-corrected chi connectivity index (χ1v) is 27.6. The lowest BCUT2D eigenvalue weighted by Gasteiger charge is -2.50. The Morgan fingerprint density at radius 2 is 0.325 bits per heavy atom. The van der Waals surface area contributed by atoms with E-state index in [1.54, 1.807) is 45.2 Å². The van der Waals surface area contributed by atoms with Crippen LogP contribution < -0.4 is 0 Å². The molecule has 0 spiro atoms. The van der Waals surface area contributed by atoms with Crippen molar-refractivity contribution in [1.29, 1.82) is 0 Å². The van der Waals surface area contributed by atoms with Crippen LogP contribution in [0.1, 0.15) is 0 Å². The summed E-state index contributed by atoms with van der Waals surface area (Å²) in [6.45, 7) is -4.94. The SMILES string of the molecule is OCC1OC2OC3C(CO)OC(OC4C(CI)OC(OC5C(CO)OC(OC6C(CO)OC(OC7C(CI)OC(OC8C(CO)OC(OC1C(O)C2O)C(O)C8O)C(O)C7O)C(O)C6O)C(O)C5O)C(O)C4O)C(O)C3O. The minimum Gasteiger partial charge on any atom is -0.394 e. The van der Waals surface area contributed by atoms with Gasteiger partial charge >= 0.3 is 0 Å². The molecule has 0 radical (unpaired) electrons. The molecule has 21 aliphatic rings. The van der Waals surface area contributed by atoms with E-state index in [2.05, 4.69) is 0 Å². The molecule has 448 valence electrons. The molecule has 0 aliphatic carbocycles. The smallest absolute Gasteiger partial charge is 0.187 e. The molecule has 14 bridgehead atoms. The number of hydrogen-bond donors (Lipinski definition) is 19. The second kappa shape index (κ2) is 27.0. The van der Waals surface area contributed by atoms with E-state index in [4.69, 9.17) is 66.3 Å². The van der Waals surface area contributed by atoms with Gasteiger partial charge in [0.25, 0.3) is 0 Å². The summed E-state index contributed by atoms with van der Waals surface area (Å²) in [5.41, 5.74) is 0. The largest absolute Gasteiger partial charge is 0.394 e. The van der Waals surface area contributed by atoms with E-state index < -0.39 is 248 Å². The molecule has 35 heteroatoms. The van der Waals surface area contributed by atoms with Gasteiger partial charge < -0.3 is 163 Å². The first-order chi connectivity index (χ1) is 36.7. The van der Waals surface area contributed by atoms with Gasteiger partial charge in [-0.1, -0.05) is 45.2 Å². The minimum absolute atomic E-state index is 0.0660. The van der Waals surface area contributed by atoms with E-state index in [0.29, 0.717) is 0 Å². The molecule has 21 rings (SSSR count). The average molecular weight is 1350 g/mol. The third-order valence-corrected chi connectivity index (χ3v) is 16.5. The Morgan fingerprint density at radius 1 is 0.195 bits per heavy atom. The fourth-order valence-corrected chi connectivity index (χ4v) is 11.8. The summed E-state index contributed by atoms with van der Waals surface area (Å²) in [6.07, 6.45) is -66.1. The highest BCUT2D eigenvalue weighted by Gasteiger charge is 2.59. The van der Waals surface area contributed by atoms with Crippen molar-refractivity contribution >= 4 is 45.2 Å². The van der Waals surface area contributed by atoms with Crippen molar-refractivity contribution < 1.29 is 163 Å². The lowest BCUT2D eigenvalue weighted by Crippen LogP contribution is -2.68. The number of hydrogen-bond acceptors (Lipinski definition) is 33. The lowest BCUT2D eigenvalue weighted by atomic mass is 9.95. The molecule has 0 amide bonds. The summed E-state index contributed by atoms with van der Waals surface area (Å²) in [4.78, 5) is 0. The van der Waals surface area contributed by atoms with Gasteiger partial charge in [0.2, 0.25) is 0 Å². The summed E-state index contributed by atoms with van der Waals surface area (Å²) in [6, 6.07) is 0. The van der Waals surface area contributed by atoms with Crippen LogP contribution in [0.25, 0.3) is 0 Å². The van der Waals surface area contributed by atoms with Crippen molar-refractivity contribution in [1.82, 2.24) is 0 Å². The molecular formula is C42H68I2O33. The number of rotatable bonds is 7. The van der Waals surface area contributed by atoms with Crippen molar-refractivity contribution in [2.24, 2.45) is 0 Å². The third-order valence-electron chi connectivity index (χ3n) is 14.7. The van der Waals surface area contributed by atoms with Crippen molar-refractivity contribution in [3.63, 3.8) is 0 Å². The Labute approximate surface area is 463 Å². The van der Waals surface area contributed by atoms with Crippen LogP contribution in [0.4, 0.5) is 0 Å². The molecular weight excluding hydrogens is 1290 g/mol. The zero-order valence-corrected chi connectivity index (χ0v) is 44.4. The van der Waals surface area contributed by atoms with Gasteiger partial charge in [0.1, 0.15) is 159 Å². The Bertz CT molecular complexity index is 1480. The van der Waals surface area contributed by atoms with Crippen LogP contribution in [0, 0.1) is 0 Å². The zero-order valence-electron chi connectivity index (χ0n) is 40.1. The number of aliphatic hydroxyl groups is 19. The number of alkyl halides is 2. The molecule has 21 heterocycles. The summed E-state index contributed by atoms with van der Waals surface area (Å²) in [5.74, 6) is 0. The maximum absolute atomic E-state index is 11.4. The van der Waals surface area contributed by atoms with Gasteiger partial charge in [-0.15, -0.1) is 0 Å². The fourth-order valence-electron chi connectivity index (χ4n) is 10.4. The first kappa shape index (κ1) is 63.2. The standard InChI is InChI=1S/C42H68I2O33/c43-1-8-29-16(51)23(58)37(65-8)74-32-11(4-46)69-41(27(62)20(32)55)77-35-14(7-49)70-42(28(63)21(35)56)76-34-13(6-48)67-39(25(60)18(34)53)72-30-9(2-44)64-36(22(57)15(30)50)73-31-10(3-45)68-40(26(61)19(31)54)75-33-12(5-47)66-38(71-29)24(59)17(33)52/h8-42,45-63H,1-7H2. The lowest BCUT2D eigenvalue weighted by molar-refractivity contribution is -0.395. The highest BCUT2D eigenvalue weighted by Crippen LogP contribution is 2.39. The maximum atomic E-state index is 11.4. The molecule has 35 atom stereocenters. The Morgan fingerprint density at radius 3 is 0.455 bits per heavy atom. The molecule has 21 aliphatic heterocycles. The molecule has 0 aromatic rings. The Balaban J connectivity index is 1.08. The van der Waals surface area contributed by atoms with Gasteiger partial charge in [-0.05, 0) is 0 Å². The van der Waals surface area contributed by atoms with Crippen molar-refractivity contribution in [3.8, 4) is 0 Å². The van der Waals surface area contributed by atoms with Gasteiger partial charge in [0.15, 0.2) is 44.0 Å². The molecule has 21 saturated heterocycles. The van der Waals surface area contributed by atoms with Crippen LogP contribution >= 0.6 is 45.2 Å². The van der Waals surface area contributed by atoms with Gasteiger partial charge in [0.05, 0.1) is 45.2 Å². The summed E-state index contributed by atoms with van der Waals surface area (Å²) in [7, 11) is 0. The zero-order chi connectivity index (χ0) is 56.1. The van der Waals surface area contributed by atoms with Gasteiger partial charge in [0, 0.05) is 8.86 Å². The predicted molar refractivity (Wildman–Crippen MR) is 252 cm³/mol. The second-order valence-electron chi connectivity index (χ2n) is 19.6. The van der Waals surface area contributed by atoms with Crippen molar-refractivity contribution in [3.05, 3.63) is 0 Å². The highest BCUT2D eigenvalue weighted by molar-refractivity contribution is 14.1. The molecule has 33 nitrogen and oxygen atoms in total. The number of ether oxygens (including phenoxy) is 14. The predicted octanol–water partition coefficient (Wildman–Crippen LogP) is -12.3. The first-order valence-electron chi connectivity index (χ1n) is 24.5. The van der Waals surface area contributed by atoms with Crippen LogP contribution in [-0.4, -0.2) is 354 Å². The van der Waals surface area contributed by atoms with E-state index in [1.165, 1.54) is 0 Å².